The van der Waals surface area contributed by atoms with Gasteiger partial charge < -0.3 is 9.79 Å². The average Bonchev–Trinajstić information content (AvgIpc) is 1.21. The predicted molar refractivity (Wildman–Crippen MR) is 40.9 cm³/mol. The molecule has 0 saturated heterocycles. The fourth-order valence-corrected chi connectivity index (χ4v) is 2.04. The molecule has 0 aromatic heterocycles. The minimum atomic E-state index is -2.49. The van der Waals surface area contributed by atoms with Crippen LogP contribution in [0.5, 0.6) is 0 Å². The summed E-state index contributed by atoms with van der Waals surface area (Å²) in [5, 5.41) is 0. The number of hydrogen-bond donors (Lipinski definition) is 2. The van der Waals surface area contributed by atoms with E-state index in [2.05, 4.69) is 16.9 Å². The first-order valence-corrected chi connectivity index (χ1v) is 5.78. The Balaban J connectivity index is 3.74. The van der Waals surface area contributed by atoms with E-state index >= 15 is 0 Å². The zero-order valence-corrected chi connectivity index (χ0v) is 6.56. The summed E-state index contributed by atoms with van der Waals surface area (Å²) < 4.78 is 4.54. The molecule has 50 valence electrons. The lowest BCUT2D eigenvalue weighted by Gasteiger charge is -2.10. The van der Waals surface area contributed by atoms with Crippen molar-refractivity contribution >= 4 is 27.9 Å². The van der Waals surface area contributed by atoms with Gasteiger partial charge in [-0.05, 0) is 0 Å². The van der Waals surface area contributed by atoms with E-state index in [0.29, 0.717) is 0 Å². The van der Waals surface area contributed by atoms with Crippen LogP contribution in [0.1, 0.15) is 0 Å². The molecule has 0 aliphatic rings. The van der Waals surface area contributed by atoms with Gasteiger partial charge in [-0.2, -0.15) is 0 Å². The van der Waals surface area contributed by atoms with Gasteiger partial charge in [-0.3, -0.25) is 4.31 Å². The molecule has 2 unspecified atom stereocenters. The second kappa shape index (κ2) is 2.86. The summed E-state index contributed by atoms with van der Waals surface area (Å²) in [6, 6.07) is 0. The Labute approximate surface area is 49.6 Å². The third kappa shape index (κ3) is 6.48. The largest absolute Gasteiger partial charge is 0.355 e. The molecule has 0 aromatic carbocycles. The van der Waals surface area contributed by atoms with E-state index in [1.807, 2.05) is 0 Å². The molecule has 0 aromatic rings. The highest BCUT2D eigenvalue weighted by Crippen LogP contribution is 2.44. The lowest BCUT2D eigenvalue weighted by atomic mass is 11.9. The van der Waals surface area contributed by atoms with Crippen LogP contribution < -0.4 is 0 Å². The lowest BCUT2D eigenvalue weighted by molar-refractivity contribution is 0.474. The summed E-state index contributed by atoms with van der Waals surface area (Å²) in [6.45, 7) is 1.44. The van der Waals surface area contributed by atoms with Crippen molar-refractivity contribution in [3.05, 3.63) is 0 Å². The monoisotopic (exact) mass is 156 g/mol. The van der Waals surface area contributed by atoms with Crippen LogP contribution in [-0.4, -0.2) is 29.1 Å². The molecule has 0 heterocycles. The van der Waals surface area contributed by atoms with E-state index < -0.39 is 15.3 Å². The standard InChI is InChI=1S/C3H10O3P2/c1-7(4)6-8(2,3)5/h4-5,7H,1-2H2,3H3. The number of rotatable bonds is 2. The van der Waals surface area contributed by atoms with Gasteiger partial charge >= 0.3 is 0 Å². The van der Waals surface area contributed by atoms with Gasteiger partial charge in [0.15, 0.2) is 0 Å². The van der Waals surface area contributed by atoms with Crippen LogP contribution in [0, 0.1) is 0 Å². The Morgan fingerprint density at radius 1 is 1.75 bits per heavy atom. The first kappa shape index (κ1) is 8.48. The van der Waals surface area contributed by atoms with E-state index in [1.54, 1.807) is 0 Å². The van der Waals surface area contributed by atoms with Crippen LogP contribution in [0.15, 0.2) is 0 Å². The summed E-state index contributed by atoms with van der Waals surface area (Å²) in [4.78, 5) is 17.3. The van der Waals surface area contributed by atoms with Crippen molar-refractivity contribution in [3.8, 4) is 0 Å². The summed E-state index contributed by atoms with van der Waals surface area (Å²) in [5.74, 6) is 0. The number of hydrogen-bond acceptors (Lipinski definition) is 3. The Kier molecular flexibility index (Phi) is 3.03. The molecule has 0 aliphatic heterocycles. The maximum absolute atomic E-state index is 8.79. The minimum Gasteiger partial charge on any atom is -0.355 e. The third-order valence-electron chi connectivity index (χ3n) is 0.302. The molecule has 0 radical (unpaired) electrons. The molecule has 0 spiro atoms. The normalized spacial score (nSPS) is 21.9. The highest BCUT2D eigenvalue weighted by atomic mass is 31.2. The van der Waals surface area contributed by atoms with Gasteiger partial charge in [0.05, 0.1) is 0 Å². The van der Waals surface area contributed by atoms with Crippen LogP contribution in [-0.2, 0) is 4.31 Å². The molecule has 2 atom stereocenters. The zero-order chi connectivity index (χ0) is 6.78. The first-order chi connectivity index (χ1) is 3.42. The van der Waals surface area contributed by atoms with Crippen molar-refractivity contribution in [3.63, 3.8) is 0 Å². The quantitative estimate of drug-likeness (QED) is 0.568. The second-order valence-corrected chi connectivity index (χ2v) is 5.16. The smallest absolute Gasteiger partial charge is 0.118 e. The zero-order valence-electron chi connectivity index (χ0n) is 4.66. The van der Waals surface area contributed by atoms with E-state index in [9.17, 15) is 0 Å². The Hall–Kier alpha value is 0.480. The molecule has 8 heavy (non-hydrogen) atoms. The third-order valence-corrected chi connectivity index (χ3v) is 2.72. The van der Waals surface area contributed by atoms with Crippen molar-refractivity contribution in [2.24, 2.45) is 0 Å². The van der Waals surface area contributed by atoms with Crippen LogP contribution in [0.2, 0.25) is 0 Å². The molecule has 0 rings (SSSR count). The second-order valence-electron chi connectivity index (χ2n) is 1.54. The predicted octanol–water partition coefficient (Wildman–Crippen LogP) is 0.373. The Morgan fingerprint density at radius 2 is 2.12 bits per heavy atom. The van der Waals surface area contributed by atoms with Crippen molar-refractivity contribution in [2.45, 2.75) is 0 Å². The lowest BCUT2D eigenvalue weighted by Crippen LogP contribution is -1.75. The summed E-state index contributed by atoms with van der Waals surface area (Å²) in [6.07, 6.45) is 6.47. The van der Waals surface area contributed by atoms with E-state index in [4.69, 9.17) is 9.79 Å². The summed E-state index contributed by atoms with van der Waals surface area (Å²) >= 11 is 0. The molecule has 0 aliphatic carbocycles. The molecule has 0 amide bonds. The molecule has 0 bridgehead atoms. The van der Waals surface area contributed by atoms with E-state index in [0.717, 1.165) is 0 Å². The molecular weight excluding hydrogens is 146 g/mol. The molecule has 5 heteroatoms. The molecule has 0 saturated carbocycles. The SMILES string of the molecule is C=[PH](O)OP(=C)(C)O. The van der Waals surface area contributed by atoms with Gasteiger partial charge in [0.25, 0.3) is 0 Å². The summed E-state index contributed by atoms with van der Waals surface area (Å²) in [7, 11) is -4.49. The topological polar surface area (TPSA) is 49.7 Å². The fourth-order valence-electron chi connectivity index (χ4n) is 0.227. The van der Waals surface area contributed by atoms with Crippen LogP contribution >= 0.6 is 15.3 Å². The van der Waals surface area contributed by atoms with Gasteiger partial charge in [-0.25, -0.2) is 0 Å². The van der Waals surface area contributed by atoms with Gasteiger partial charge in [-0.15, -0.1) is 0 Å². The van der Waals surface area contributed by atoms with E-state index in [-0.39, 0.29) is 0 Å². The molecule has 3 nitrogen and oxygen atoms in total. The fraction of sp³-hybridized carbons (Fsp3) is 0.333. The summed E-state index contributed by atoms with van der Waals surface area (Å²) in [5.41, 5.74) is 0. The van der Waals surface area contributed by atoms with Gasteiger partial charge in [0.1, 0.15) is 15.3 Å². The molecule has 0 fully saturated rings. The first-order valence-electron chi connectivity index (χ1n) is 1.93. The maximum atomic E-state index is 8.79. The van der Waals surface area contributed by atoms with Crippen molar-refractivity contribution in [1.29, 1.82) is 0 Å². The van der Waals surface area contributed by atoms with Crippen molar-refractivity contribution in [1.82, 2.24) is 0 Å². The molecular formula is C3H10O3P2. The van der Waals surface area contributed by atoms with Crippen molar-refractivity contribution in [2.75, 3.05) is 6.66 Å². The van der Waals surface area contributed by atoms with Gasteiger partial charge in [0, 0.05) is 6.66 Å². The maximum Gasteiger partial charge on any atom is 0.118 e. The van der Waals surface area contributed by atoms with Gasteiger partial charge in [0.2, 0.25) is 0 Å². The highest BCUT2D eigenvalue weighted by Gasteiger charge is 1.99. The van der Waals surface area contributed by atoms with Crippen LogP contribution in [0.3, 0.4) is 0 Å². The van der Waals surface area contributed by atoms with E-state index in [1.165, 1.54) is 6.66 Å². The van der Waals surface area contributed by atoms with Crippen molar-refractivity contribution < 1.29 is 14.1 Å². The molecule has 2 N–H and O–H groups in total. The van der Waals surface area contributed by atoms with Crippen LogP contribution in [0.4, 0.5) is 0 Å². The highest BCUT2D eigenvalue weighted by molar-refractivity contribution is 7.69. The average molecular weight is 156 g/mol. The minimum absolute atomic E-state index is 1.44. The Bertz CT molecular complexity index is 135. The van der Waals surface area contributed by atoms with Crippen LogP contribution in [0.25, 0.3) is 0 Å². The Morgan fingerprint density at radius 3 is 2.12 bits per heavy atom. The van der Waals surface area contributed by atoms with Gasteiger partial charge in [-0.1, -0.05) is 12.6 Å².